The smallest absolute Gasteiger partial charge is 0.232 e. The fourth-order valence-corrected chi connectivity index (χ4v) is 4.09. The third-order valence-corrected chi connectivity index (χ3v) is 5.55. The number of carbonyl (C=O) groups excluding carboxylic acids is 1. The highest BCUT2D eigenvalue weighted by molar-refractivity contribution is 5.98. The number of benzene rings is 2. The molecule has 0 radical (unpaired) electrons. The lowest BCUT2D eigenvalue weighted by molar-refractivity contribution is -0.117. The van der Waals surface area contributed by atoms with Gasteiger partial charge in [0.05, 0.1) is 36.6 Å². The first-order valence-corrected chi connectivity index (χ1v) is 9.63. The highest BCUT2D eigenvalue weighted by Gasteiger charge is 2.32. The summed E-state index contributed by atoms with van der Waals surface area (Å²) < 4.78 is 7.46. The van der Waals surface area contributed by atoms with Crippen LogP contribution < -0.4 is 10.1 Å². The largest absolute Gasteiger partial charge is 0.496 e. The molecule has 1 aliphatic carbocycles. The van der Waals surface area contributed by atoms with E-state index in [0.717, 1.165) is 41.2 Å². The Morgan fingerprint density at radius 1 is 1.18 bits per heavy atom. The van der Waals surface area contributed by atoms with Crippen LogP contribution in [0.4, 0.5) is 5.69 Å². The van der Waals surface area contributed by atoms with Crippen LogP contribution in [0, 0.1) is 13.8 Å². The van der Waals surface area contributed by atoms with Crippen molar-refractivity contribution < 1.29 is 9.53 Å². The van der Waals surface area contributed by atoms with E-state index in [1.165, 1.54) is 11.1 Å². The van der Waals surface area contributed by atoms with E-state index in [2.05, 4.69) is 28.6 Å². The molecule has 0 fully saturated rings. The molecule has 5 heteroatoms. The number of rotatable bonds is 5. The summed E-state index contributed by atoms with van der Waals surface area (Å²) in [4.78, 5) is 13.1. The lowest BCUT2D eigenvalue weighted by atomic mass is 9.99. The number of aryl methyl sites for hydroxylation is 2. The van der Waals surface area contributed by atoms with E-state index in [9.17, 15) is 4.79 Å². The average Bonchev–Trinajstić information content (AvgIpc) is 3.25. The lowest BCUT2D eigenvalue weighted by Gasteiger charge is -2.15. The van der Waals surface area contributed by atoms with Gasteiger partial charge in [-0.2, -0.15) is 5.10 Å². The molecule has 28 heavy (non-hydrogen) atoms. The first kappa shape index (κ1) is 18.3. The molecular weight excluding hydrogens is 350 g/mol. The van der Waals surface area contributed by atoms with Crippen LogP contribution >= 0.6 is 0 Å². The van der Waals surface area contributed by atoms with Crippen molar-refractivity contribution in [2.24, 2.45) is 0 Å². The lowest BCUT2D eigenvalue weighted by Crippen LogP contribution is -2.20. The number of hydrogen-bond acceptors (Lipinski definition) is 3. The minimum Gasteiger partial charge on any atom is -0.496 e. The van der Waals surface area contributed by atoms with Crippen LogP contribution in [0.2, 0.25) is 0 Å². The summed E-state index contributed by atoms with van der Waals surface area (Å²) in [7, 11) is 1.66. The third-order valence-electron chi connectivity index (χ3n) is 5.55. The molecule has 1 aliphatic rings. The van der Waals surface area contributed by atoms with Crippen LogP contribution in [0.1, 0.15) is 40.4 Å². The average molecular weight is 375 g/mol. The molecule has 0 spiro atoms. The zero-order chi connectivity index (χ0) is 19.7. The Kier molecular flexibility index (Phi) is 4.90. The maximum Gasteiger partial charge on any atom is 0.232 e. The number of amides is 1. The van der Waals surface area contributed by atoms with Crippen molar-refractivity contribution >= 4 is 11.6 Å². The molecule has 0 saturated heterocycles. The van der Waals surface area contributed by atoms with Crippen molar-refractivity contribution in [3.05, 3.63) is 76.6 Å². The van der Waals surface area contributed by atoms with Crippen molar-refractivity contribution in [1.82, 2.24) is 9.78 Å². The molecule has 0 saturated carbocycles. The van der Waals surface area contributed by atoms with Crippen LogP contribution in [0.15, 0.2) is 48.5 Å². The Morgan fingerprint density at radius 2 is 1.96 bits per heavy atom. The molecule has 1 heterocycles. The summed E-state index contributed by atoms with van der Waals surface area (Å²) in [6, 6.07) is 16.2. The first-order chi connectivity index (χ1) is 13.6. The van der Waals surface area contributed by atoms with Gasteiger partial charge in [-0.3, -0.25) is 9.48 Å². The van der Waals surface area contributed by atoms with Crippen molar-refractivity contribution in [2.75, 3.05) is 12.4 Å². The van der Waals surface area contributed by atoms with Gasteiger partial charge < -0.3 is 10.1 Å². The minimum atomic E-state index is -0.192. The summed E-state index contributed by atoms with van der Waals surface area (Å²) in [6.07, 6.45) is 1.70. The number of nitrogens with zero attached hydrogens (tertiary/aromatic N) is 2. The molecule has 4 rings (SSSR count). The summed E-state index contributed by atoms with van der Waals surface area (Å²) >= 11 is 0. The Morgan fingerprint density at radius 3 is 2.71 bits per heavy atom. The van der Waals surface area contributed by atoms with Crippen LogP contribution in [0.25, 0.3) is 0 Å². The van der Waals surface area contributed by atoms with Gasteiger partial charge in [0.1, 0.15) is 5.75 Å². The summed E-state index contributed by atoms with van der Waals surface area (Å²) in [5.74, 6) is 0.611. The molecule has 0 aliphatic heterocycles. The quantitative estimate of drug-likeness (QED) is 0.726. The van der Waals surface area contributed by atoms with Gasteiger partial charge in [0.2, 0.25) is 5.91 Å². The maximum absolute atomic E-state index is 13.1. The van der Waals surface area contributed by atoms with Crippen LogP contribution in [0.3, 0.4) is 0 Å². The molecule has 5 nitrogen and oxygen atoms in total. The molecule has 144 valence electrons. The number of carbonyl (C=O) groups is 1. The number of aromatic nitrogens is 2. The van der Waals surface area contributed by atoms with E-state index >= 15 is 0 Å². The zero-order valence-corrected chi connectivity index (χ0v) is 16.5. The summed E-state index contributed by atoms with van der Waals surface area (Å²) in [5, 5.41) is 7.78. The SMILES string of the molecule is COc1cccc2c1C(C(=O)Nc1c(C)nn(Cc3ccccc3)c1C)CC2. The van der Waals surface area contributed by atoms with Crippen molar-refractivity contribution in [3.8, 4) is 5.75 Å². The molecule has 1 amide bonds. The predicted octanol–water partition coefficient (Wildman–Crippen LogP) is 4.23. The second kappa shape index (κ2) is 7.50. The number of hydrogen-bond donors (Lipinski definition) is 1. The van der Waals surface area contributed by atoms with E-state index < -0.39 is 0 Å². The topological polar surface area (TPSA) is 56.1 Å². The highest BCUT2D eigenvalue weighted by atomic mass is 16.5. The van der Waals surface area contributed by atoms with Gasteiger partial charge in [-0.15, -0.1) is 0 Å². The fourth-order valence-electron chi connectivity index (χ4n) is 4.09. The minimum absolute atomic E-state index is 0.00807. The van der Waals surface area contributed by atoms with Crippen LogP contribution in [-0.2, 0) is 17.8 Å². The number of ether oxygens (including phenoxy) is 1. The van der Waals surface area contributed by atoms with E-state index in [-0.39, 0.29) is 11.8 Å². The molecule has 1 atom stereocenters. The molecular formula is C23H25N3O2. The summed E-state index contributed by atoms with van der Waals surface area (Å²) in [5.41, 5.74) is 6.01. The van der Waals surface area contributed by atoms with Crippen LogP contribution in [0.5, 0.6) is 5.75 Å². The first-order valence-electron chi connectivity index (χ1n) is 9.63. The number of nitrogens with one attached hydrogen (secondary N) is 1. The molecule has 1 aromatic heterocycles. The molecule has 3 aromatic rings. The second-order valence-corrected chi connectivity index (χ2v) is 7.30. The molecule has 2 aromatic carbocycles. The third kappa shape index (κ3) is 3.28. The van der Waals surface area contributed by atoms with Crippen molar-refractivity contribution in [3.63, 3.8) is 0 Å². The second-order valence-electron chi connectivity index (χ2n) is 7.30. The standard InChI is InChI=1S/C23H25N3O2/c1-15-22(16(2)26(25-15)14-17-8-5-4-6-9-17)24-23(27)19-13-12-18-10-7-11-20(28-3)21(18)19/h4-11,19H,12-14H2,1-3H3,(H,24,27). The number of methoxy groups -OCH3 is 1. The number of fused-ring (bicyclic) bond motifs is 1. The Hall–Kier alpha value is -3.08. The fraction of sp³-hybridized carbons (Fsp3) is 0.304. The van der Waals surface area contributed by atoms with E-state index in [1.54, 1.807) is 7.11 Å². The van der Waals surface area contributed by atoms with Crippen molar-refractivity contribution in [1.29, 1.82) is 0 Å². The van der Waals surface area contributed by atoms with E-state index in [0.29, 0.717) is 6.54 Å². The van der Waals surface area contributed by atoms with Gasteiger partial charge in [0.15, 0.2) is 0 Å². The Bertz CT molecular complexity index is 1010. The van der Waals surface area contributed by atoms with Crippen molar-refractivity contribution in [2.45, 2.75) is 39.2 Å². The van der Waals surface area contributed by atoms with Gasteiger partial charge in [0, 0.05) is 5.56 Å². The van der Waals surface area contributed by atoms with E-state index in [4.69, 9.17) is 4.74 Å². The zero-order valence-electron chi connectivity index (χ0n) is 16.5. The monoisotopic (exact) mass is 375 g/mol. The van der Waals surface area contributed by atoms with Gasteiger partial charge in [0.25, 0.3) is 0 Å². The van der Waals surface area contributed by atoms with Gasteiger partial charge in [-0.25, -0.2) is 0 Å². The Balaban J connectivity index is 1.57. The van der Waals surface area contributed by atoms with Gasteiger partial charge in [-0.1, -0.05) is 42.5 Å². The summed E-state index contributed by atoms with van der Waals surface area (Å²) in [6.45, 7) is 4.62. The molecule has 1 N–H and O–H groups in total. The molecule has 0 bridgehead atoms. The molecule has 1 unspecified atom stereocenters. The number of anilines is 1. The predicted molar refractivity (Wildman–Crippen MR) is 110 cm³/mol. The van der Waals surface area contributed by atoms with Gasteiger partial charge >= 0.3 is 0 Å². The highest BCUT2D eigenvalue weighted by Crippen LogP contribution is 2.40. The van der Waals surface area contributed by atoms with Crippen LogP contribution in [-0.4, -0.2) is 22.8 Å². The van der Waals surface area contributed by atoms with E-state index in [1.807, 2.05) is 48.9 Å². The van der Waals surface area contributed by atoms with Gasteiger partial charge in [-0.05, 0) is 43.9 Å². The maximum atomic E-state index is 13.1. The Labute approximate surface area is 165 Å². The normalized spacial score (nSPS) is 15.3.